The minimum absolute atomic E-state index is 0.127. The van der Waals surface area contributed by atoms with Crippen LogP contribution >= 0.6 is 0 Å². The van der Waals surface area contributed by atoms with Gasteiger partial charge in [0.15, 0.2) is 12.7 Å². The molecule has 8 heteroatoms. The Morgan fingerprint density at radius 1 is 1.55 bits per heavy atom. The molecule has 2 rings (SSSR count). The van der Waals surface area contributed by atoms with E-state index in [0.717, 1.165) is 4.90 Å². The minimum atomic E-state index is -4.47. The highest BCUT2D eigenvalue weighted by Crippen LogP contribution is 2.25. The second-order valence-corrected chi connectivity index (χ2v) is 4.22. The van der Waals surface area contributed by atoms with E-state index in [9.17, 15) is 18.0 Å². The number of morpholine rings is 1. The quantitative estimate of drug-likeness (QED) is 0.840. The van der Waals surface area contributed by atoms with E-state index in [1.807, 2.05) is 0 Å². The van der Waals surface area contributed by atoms with Crippen molar-refractivity contribution in [2.24, 2.45) is 0 Å². The molecule has 0 aromatic carbocycles. The molecule has 0 bridgehead atoms. The zero-order valence-corrected chi connectivity index (χ0v) is 10.5. The number of halogens is 3. The first-order valence-corrected chi connectivity index (χ1v) is 5.96. The molecule has 0 radical (unpaired) electrons. The van der Waals surface area contributed by atoms with Crippen molar-refractivity contribution in [2.75, 3.05) is 26.3 Å². The second kappa shape index (κ2) is 6.08. The molecule has 1 atom stereocenters. The maximum atomic E-state index is 12.5. The third-order valence-electron chi connectivity index (χ3n) is 2.78. The van der Waals surface area contributed by atoms with E-state index in [2.05, 4.69) is 9.72 Å². The van der Waals surface area contributed by atoms with Crippen LogP contribution in [0.3, 0.4) is 0 Å². The lowest BCUT2D eigenvalue weighted by atomic mass is 10.2. The van der Waals surface area contributed by atoms with E-state index >= 15 is 0 Å². The summed E-state index contributed by atoms with van der Waals surface area (Å²) in [6.07, 6.45) is -3.43. The topological polar surface area (TPSA) is 51.7 Å². The van der Waals surface area contributed by atoms with Crippen LogP contribution in [0.4, 0.5) is 13.2 Å². The molecule has 20 heavy (non-hydrogen) atoms. The first kappa shape index (κ1) is 14.6. The average molecular weight is 290 g/mol. The lowest BCUT2D eigenvalue weighted by molar-refractivity contribution is -0.236. The second-order valence-electron chi connectivity index (χ2n) is 4.22. The maximum absolute atomic E-state index is 12.5. The molecule has 2 heterocycles. The van der Waals surface area contributed by atoms with Gasteiger partial charge < -0.3 is 14.4 Å². The molecular weight excluding hydrogens is 277 g/mol. The molecule has 1 aromatic heterocycles. The van der Waals surface area contributed by atoms with Crippen molar-refractivity contribution in [1.29, 1.82) is 0 Å². The fourth-order valence-corrected chi connectivity index (χ4v) is 1.74. The van der Waals surface area contributed by atoms with Crippen molar-refractivity contribution in [1.82, 2.24) is 9.88 Å². The molecule has 1 aromatic rings. The number of hydrogen-bond donors (Lipinski definition) is 0. The lowest BCUT2D eigenvalue weighted by Gasteiger charge is -2.33. The van der Waals surface area contributed by atoms with Gasteiger partial charge in [-0.05, 0) is 12.1 Å². The number of rotatable bonds is 3. The van der Waals surface area contributed by atoms with Crippen molar-refractivity contribution < 1.29 is 27.4 Å². The number of alkyl halides is 3. The van der Waals surface area contributed by atoms with Crippen molar-refractivity contribution in [3.05, 3.63) is 24.5 Å². The number of carbonyl (C=O) groups excluding carboxylic acids is 1. The van der Waals surface area contributed by atoms with Crippen LogP contribution in [0.25, 0.3) is 0 Å². The summed E-state index contributed by atoms with van der Waals surface area (Å²) in [6.45, 7) is -0.834. The Morgan fingerprint density at radius 2 is 2.35 bits per heavy atom. The highest BCUT2D eigenvalue weighted by atomic mass is 19.4. The minimum Gasteiger partial charge on any atom is -0.482 e. The monoisotopic (exact) mass is 290 g/mol. The Balaban J connectivity index is 1.86. The van der Waals surface area contributed by atoms with Gasteiger partial charge in [0.2, 0.25) is 0 Å². The molecule has 1 fully saturated rings. The van der Waals surface area contributed by atoms with E-state index in [-0.39, 0.29) is 19.8 Å². The number of carbonyl (C=O) groups is 1. The standard InChI is InChI=1S/C12H13F3N2O3/c13-12(14,15)10-7-17(4-5-19-10)11(18)8-20-9-2-1-3-16-6-9/h1-3,6,10H,4-5,7-8H2/t10-/m1/s1. The molecule has 0 unspecified atom stereocenters. The SMILES string of the molecule is O=C(COc1cccnc1)N1CCO[C@@H](C(F)(F)F)C1. The Kier molecular flexibility index (Phi) is 4.43. The lowest BCUT2D eigenvalue weighted by Crippen LogP contribution is -2.52. The first-order chi connectivity index (χ1) is 9.47. The third kappa shape index (κ3) is 3.83. The number of amides is 1. The van der Waals surface area contributed by atoms with Gasteiger partial charge in [-0.15, -0.1) is 0 Å². The van der Waals surface area contributed by atoms with E-state index < -0.39 is 24.7 Å². The number of hydrogen-bond acceptors (Lipinski definition) is 4. The summed E-state index contributed by atoms with van der Waals surface area (Å²) in [4.78, 5) is 16.7. The Bertz CT molecular complexity index is 453. The first-order valence-electron chi connectivity index (χ1n) is 5.96. The fourth-order valence-electron chi connectivity index (χ4n) is 1.74. The van der Waals surface area contributed by atoms with E-state index in [0.29, 0.717) is 5.75 Å². The van der Waals surface area contributed by atoms with Gasteiger partial charge in [-0.3, -0.25) is 9.78 Å². The molecular formula is C12H13F3N2O3. The highest BCUT2D eigenvalue weighted by molar-refractivity contribution is 5.77. The molecule has 5 nitrogen and oxygen atoms in total. The van der Waals surface area contributed by atoms with Gasteiger partial charge in [0.05, 0.1) is 19.3 Å². The van der Waals surface area contributed by atoms with Crippen molar-refractivity contribution in [2.45, 2.75) is 12.3 Å². The smallest absolute Gasteiger partial charge is 0.416 e. The van der Waals surface area contributed by atoms with Crippen molar-refractivity contribution in [3.8, 4) is 5.75 Å². The molecule has 0 saturated carbocycles. The van der Waals surface area contributed by atoms with Gasteiger partial charge in [0, 0.05) is 12.7 Å². The summed E-state index contributed by atoms with van der Waals surface area (Å²) in [5.41, 5.74) is 0. The molecule has 0 aliphatic carbocycles. The fraction of sp³-hybridized carbons (Fsp3) is 0.500. The predicted molar refractivity (Wildman–Crippen MR) is 62.1 cm³/mol. The summed E-state index contributed by atoms with van der Waals surface area (Å²) in [7, 11) is 0. The van der Waals surface area contributed by atoms with E-state index in [1.54, 1.807) is 18.3 Å². The molecule has 0 spiro atoms. The molecule has 1 aliphatic rings. The van der Waals surface area contributed by atoms with Crippen molar-refractivity contribution in [3.63, 3.8) is 0 Å². The average Bonchev–Trinajstić information content (AvgIpc) is 2.45. The highest BCUT2D eigenvalue weighted by Gasteiger charge is 2.44. The van der Waals surface area contributed by atoms with Gasteiger partial charge >= 0.3 is 6.18 Å². The third-order valence-corrected chi connectivity index (χ3v) is 2.78. The van der Waals surface area contributed by atoms with Crippen LogP contribution in [-0.4, -0.2) is 54.4 Å². The summed E-state index contributed by atoms with van der Waals surface area (Å²) in [6, 6.07) is 3.24. The molecule has 110 valence electrons. The van der Waals surface area contributed by atoms with Crippen LogP contribution in [0.2, 0.25) is 0 Å². The Labute approximate surface area is 113 Å². The van der Waals surface area contributed by atoms with Gasteiger partial charge in [0.1, 0.15) is 5.75 Å². The molecule has 1 amide bonds. The summed E-state index contributed by atoms with van der Waals surface area (Å²) in [5.74, 6) is -0.118. The van der Waals surface area contributed by atoms with Crippen LogP contribution in [0.5, 0.6) is 5.75 Å². The summed E-state index contributed by atoms with van der Waals surface area (Å²) >= 11 is 0. The number of pyridine rings is 1. The molecule has 1 aliphatic heterocycles. The maximum Gasteiger partial charge on any atom is 0.416 e. The Morgan fingerprint density at radius 3 is 3.00 bits per heavy atom. The van der Waals surface area contributed by atoms with Crippen LogP contribution in [0, 0.1) is 0 Å². The van der Waals surface area contributed by atoms with E-state index in [4.69, 9.17) is 4.74 Å². The zero-order chi connectivity index (χ0) is 14.6. The predicted octanol–water partition coefficient (Wildman–Crippen LogP) is 1.25. The zero-order valence-electron chi connectivity index (χ0n) is 10.5. The Hall–Kier alpha value is -1.83. The van der Waals surface area contributed by atoms with Crippen LogP contribution in [-0.2, 0) is 9.53 Å². The van der Waals surface area contributed by atoms with Crippen LogP contribution in [0.15, 0.2) is 24.5 Å². The van der Waals surface area contributed by atoms with Crippen LogP contribution < -0.4 is 4.74 Å². The van der Waals surface area contributed by atoms with Gasteiger partial charge in [-0.1, -0.05) is 0 Å². The number of nitrogens with zero attached hydrogens (tertiary/aromatic N) is 2. The molecule has 1 saturated heterocycles. The van der Waals surface area contributed by atoms with Gasteiger partial charge in [-0.25, -0.2) is 0 Å². The summed E-state index contributed by atoms with van der Waals surface area (Å²) in [5, 5.41) is 0. The summed E-state index contributed by atoms with van der Waals surface area (Å²) < 4.78 is 47.4. The van der Waals surface area contributed by atoms with Gasteiger partial charge in [-0.2, -0.15) is 13.2 Å². The number of ether oxygens (including phenoxy) is 2. The normalized spacial score (nSPS) is 19.8. The van der Waals surface area contributed by atoms with Crippen LogP contribution in [0.1, 0.15) is 0 Å². The largest absolute Gasteiger partial charge is 0.482 e. The molecule has 0 N–H and O–H groups in total. The number of aromatic nitrogens is 1. The van der Waals surface area contributed by atoms with Crippen molar-refractivity contribution >= 4 is 5.91 Å². The van der Waals surface area contributed by atoms with E-state index in [1.165, 1.54) is 6.20 Å². The van der Waals surface area contributed by atoms with Gasteiger partial charge in [0.25, 0.3) is 5.91 Å².